The van der Waals surface area contributed by atoms with Crippen LogP contribution in [0.25, 0.3) is 0 Å². The van der Waals surface area contributed by atoms with Gasteiger partial charge < -0.3 is 10.4 Å². The molecular formula is C12H13Cl2NO2. The van der Waals surface area contributed by atoms with Crippen LogP contribution in [0.3, 0.4) is 0 Å². The van der Waals surface area contributed by atoms with Gasteiger partial charge in [0.2, 0.25) is 0 Å². The van der Waals surface area contributed by atoms with Gasteiger partial charge in [0.1, 0.15) is 0 Å². The maximum atomic E-state index is 10.7. The van der Waals surface area contributed by atoms with Crippen molar-refractivity contribution in [3.05, 3.63) is 39.9 Å². The summed E-state index contributed by atoms with van der Waals surface area (Å²) in [7, 11) is 0. The maximum Gasteiger partial charge on any atom is 0.331 e. The molecule has 0 heterocycles. The SMILES string of the molecule is CC/C(=C/CNc1cc(Cl)cc(Cl)c1)C(=O)O. The summed E-state index contributed by atoms with van der Waals surface area (Å²) in [6.45, 7) is 2.22. The molecular weight excluding hydrogens is 261 g/mol. The minimum Gasteiger partial charge on any atom is -0.478 e. The predicted molar refractivity (Wildman–Crippen MR) is 71.0 cm³/mol. The van der Waals surface area contributed by atoms with E-state index in [1.807, 2.05) is 0 Å². The Hall–Kier alpha value is -1.19. The van der Waals surface area contributed by atoms with Crippen LogP contribution in [0.4, 0.5) is 5.69 Å². The summed E-state index contributed by atoms with van der Waals surface area (Å²) in [5.41, 5.74) is 1.14. The van der Waals surface area contributed by atoms with E-state index in [0.717, 1.165) is 5.69 Å². The van der Waals surface area contributed by atoms with E-state index in [2.05, 4.69) is 5.32 Å². The zero-order valence-corrected chi connectivity index (χ0v) is 10.8. The molecule has 0 aromatic heterocycles. The first-order chi connectivity index (χ1) is 8.02. The van der Waals surface area contributed by atoms with Crippen molar-refractivity contribution in [2.45, 2.75) is 13.3 Å². The van der Waals surface area contributed by atoms with E-state index >= 15 is 0 Å². The molecule has 0 aliphatic heterocycles. The molecule has 1 aromatic rings. The summed E-state index contributed by atoms with van der Waals surface area (Å²) < 4.78 is 0. The third kappa shape index (κ3) is 4.67. The molecule has 3 nitrogen and oxygen atoms in total. The smallest absolute Gasteiger partial charge is 0.331 e. The van der Waals surface area contributed by atoms with E-state index in [4.69, 9.17) is 28.3 Å². The maximum absolute atomic E-state index is 10.7. The Kier molecular flexibility index (Phi) is 5.32. The Morgan fingerprint density at radius 3 is 2.41 bits per heavy atom. The number of carboxylic acid groups (broad SMARTS) is 1. The summed E-state index contributed by atoms with van der Waals surface area (Å²) in [5, 5.41) is 12.9. The number of rotatable bonds is 5. The summed E-state index contributed by atoms with van der Waals surface area (Å²) >= 11 is 11.7. The van der Waals surface area contributed by atoms with E-state index in [0.29, 0.717) is 28.6 Å². The van der Waals surface area contributed by atoms with E-state index < -0.39 is 5.97 Å². The van der Waals surface area contributed by atoms with Crippen molar-refractivity contribution in [1.82, 2.24) is 0 Å². The van der Waals surface area contributed by atoms with Gasteiger partial charge in [0.15, 0.2) is 0 Å². The van der Waals surface area contributed by atoms with Crippen LogP contribution in [0.5, 0.6) is 0 Å². The fourth-order valence-electron chi connectivity index (χ4n) is 1.33. The molecule has 0 spiro atoms. The van der Waals surface area contributed by atoms with Crippen LogP contribution < -0.4 is 5.32 Å². The van der Waals surface area contributed by atoms with E-state index in [9.17, 15) is 4.79 Å². The molecule has 0 atom stereocenters. The first-order valence-corrected chi connectivity index (χ1v) is 5.90. The molecule has 1 aromatic carbocycles. The standard InChI is InChI=1S/C12H13Cl2NO2/c1-2-8(12(16)17)3-4-15-11-6-9(13)5-10(14)7-11/h3,5-7,15H,2,4H2,1H3,(H,16,17)/b8-3-. The average Bonchev–Trinajstić information content (AvgIpc) is 2.22. The second kappa shape index (κ2) is 6.52. The molecule has 17 heavy (non-hydrogen) atoms. The van der Waals surface area contributed by atoms with Gasteiger partial charge in [0.05, 0.1) is 0 Å². The molecule has 92 valence electrons. The van der Waals surface area contributed by atoms with Crippen LogP contribution in [0.15, 0.2) is 29.8 Å². The first-order valence-electron chi connectivity index (χ1n) is 5.15. The molecule has 5 heteroatoms. The molecule has 0 unspecified atom stereocenters. The lowest BCUT2D eigenvalue weighted by Crippen LogP contribution is -2.04. The van der Waals surface area contributed by atoms with Crippen LogP contribution in [-0.4, -0.2) is 17.6 Å². The van der Waals surface area contributed by atoms with E-state index in [-0.39, 0.29) is 0 Å². The van der Waals surface area contributed by atoms with Crippen molar-refractivity contribution in [2.24, 2.45) is 0 Å². The number of nitrogens with one attached hydrogen (secondary N) is 1. The molecule has 0 aliphatic rings. The zero-order valence-electron chi connectivity index (χ0n) is 9.34. The highest BCUT2D eigenvalue weighted by atomic mass is 35.5. The van der Waals surface area contributed by atoms with Gasteiger partial charge in [0.25, 0.3) is 0 Å². The molecule has 0 radical (unpaired) electrons. The van der Waals surface area contributed by atoms with Crippen LogP contribution in [0.1, 0.15) is 13.3 Å². The van der Waals surface area contributed by atoms with Crippen molar-refractivity contribution >= 4 is 34.9 Å². The van der Waals surface area contributed by atoms with E-state index in [1.165, 1.54) is 0 Å². The quantitative estimate of drug-likeness (QED) is 0.802. The normalized spacial score (nSPS) is 11.4. The van der Waals surface area contributed by atoms with Gasteiger partial charge >= 0.3 is 5.97 Å². The zero-order chi connectivity index (χ0) is 12.8. The second-order valence-corrected chi connectivity index (χ2v) is 4.30. The summed E-state index contributed by atoms with van der Waals surface area (Å²) in [6, 6.07) is 5.10. The molecule has 0 aliphatic carbocycles. The van der Waals surface area contributed by atoms with Crippen LogP contribution in [0, 0.1) is 0 Å². The van der Waals surface area contributed by atoms with E-state index in [1.54, 1.807) is 31.2 Å². The third-order valence-electron chi connectivity index (χ3n) is 2.17. The van der Waals surface area contributed by atoms with Crippen molar-refractivity contribution in [2.75, 3.05) is 11.9 Å². The Balaban J connectivity index is 2.64. The number of carbonyl (C=O) groups is 1. The van der Waals surface area contributed by atoms with Crippen LogP contribution in [-0.2, 0) is 4.79 Å². The highest BCUT2D eigenvalue weighted by Gasteiger charge is 2.03. The third-order valence-corrected chi connectivity index (χ3v) is 2.61. The molecule has 1 rings (SSSR count). The van der Waals surface area contributed by atoms with Gasteiger partial charge in [-0.05, 0) is 24.6 Å². The molecule has 0 fully saturated rings. The fourth-order valence-corrected chi connectivity index (χ4v) is 1.86. The summed E-state index contributed by atoms with van der Waals surface area (Å²) in [5.74, 6) is -0.890. The summed E-state index contributed by atoms with van der Waals surface area (Å²) in [4.78, 5) is 10.7. The van der Waals surface area contributed by atoms with Gasteiger partial charge in [0, 0.05) is 27.9 Å². The van der Waals surface area contributed by atoms with Gasteiger partial charge in [-0.25, -0.2) is 4.79 Å². The predicted octanol–water partition coefficient (Wildman–Crippen LogP) is 3.83. The highest BCUT2D eigenvalue weighted by Crippen LogP contribution is 2.22. The van der Waals surface area contributed by atoms with Gasteiger partial charge in [-0.2, -0.15) is 0 Å². The van der Waals surface area contributed by atoms with Crippen molar-refractivity contribution in [1.29, 1.82) is 0 Å². The highest BCUT2D eigenvalue weighted by molar-refractivity contribution is 6.35. The molecule has 0 amide bonds. The van der Waals surface area contributed by atoms with Crippen molar-refractivity contribution < 1.29 is 9.90 Å². The molecule has 0 saturated heterocycles. The minimum absolute atomic E-state index is 0.380. The number of halogens is 2. The monoisotopic (exact) mass is 273 g/mol. The van der Waals surface area contributed by atoms with Crippen LogP contribution in [0.2, 0.25) is 10.0 Å². The average molecular weight is 274 g/mol. The Bertz CT molecular complexity index is 424. The van der Waals surface area contributed by atoms with Crippen molar-refractivity contribution in [3.8, 4) is 0 Å². The second-order valence-electron chi connectivity index (χ2n) is 3.43. The lowest BCUT2D eigenvalue weighted by Gasteiger charge is -2.05. The van der Waals surface area contributed by atoms with Gasteiger partial charge in [-0.1, -0.05) is 36.2 Å². The molecule has 2 N–H and O–H groups in total. The van der Waals surface area contributed by atoms with Crippen LogP contribution >= 0.6 is 23.2 Å². The Labute approximate surface area is 110 Å². The lowest BCUT2D eigenvalue weighted by molar-refractivity contribution is -0.132. The first kappa shape index (κ1) is 13.9. The van der Waals surface area contributed by atoms with Gasteiger partial charge in [-0.15, -0.1) is 0 Å². The number of benzene rings is 1. The van der Waals surface area contributed by atoms with Gasteiger partial charge in [-0.3, -0.25) is 0 Å². The van der Waals surface area contributed by atoms with Crippen molar-refractivity contribution in [3.63, 3.8) is 0 Å². The number of anilines is 1. The molecule has 0 bridgehead atoms. The number of carboxylic acids is 1. The summed E-state index contributed by atoms with van der Waals surface area (Å²) in [6.07, 6.45) is 2.13. The fraction of sp³-hybridized carbons (Fsp3) is 0.250. The number of aliphatic carboxylic acids is 1. The number of hydrogen-bond donors (Lipinski definition) is 2. The molecule has 0 saturated carbocycles. The topological polar surface area (TPSA) is 49.3 Å². The minimum atomic E-state index is -0.890. The number of hydrogen-bond acceptors (Lipinski definition) is 2. The lowest BCUT2D eigenvalue weighted by atomic mass is 10.2. The largest absolute Gasteiger partial charge is 0.478 e. The Morgan fingerprint density at radius 1 is 1.35 bits per heavy atom. The Morgan fingerprint density at radius 2 is 1.94 bits per heavy atom.